The Morgan fingerprint density at radius 3 is 2.38 bits per heavy atom. The summed E-state index contributed by atoms with van der Waals surface area (Å²) in [6.07, 6.45) is 0.710. The number of nitrogens with one attached hydrogen (secondary N) is 1. The largest absolute Gasteiger partial charge is 0.478 e. The van der Waals surface area contributed by atoms with Crippen molar-refractivity contribution >= 4 is 17.6 Å². The van der Waals surface area contributed by atoms with Gasteiger partial charge in [-0.05, 0) is 36.2 Å². The molecule has 1 aliphatic heterocycles. The fourth-order valence-corrected chi connectivity index (χ4v) is 3.10. The molecular formula is C19H18F2N2O3. The fraction of sp³-hybridized carbons (Fsp3) is 0.263. The van der Waals surface area contributed by atoms with E-state index in [1.807, 2.05) is 0 Å². The molecule has 7 heteroatoms. The van der Waals surface area contributed by atoms with Gasteiger partial charge in [0, 0.05) is 19.1 Å². The van der Waals surface area contributed by atoms with E-state index in [1.165, 1.54) is 30.3 Å². The van der Waals surface area contributed by atoms with Crippen molar-refractivity contribution in [3.8, 4) is 0 Å². The van der Waals surface area contributed by atoms with Gasteiger partial charge in [0.15, 0.2) is 0 Å². The fourth-order valence-electron chi connectivity index (χ4n) is 3.10. The van der Waals surface area contributed by atoms with Crippen LogP contribution in [0.25, 0.3) is 0 Å². The lowest BCUT2D eigenvalue weighted by molar-refractivity contribution is -0.121. The van der Waals surface area contributed by atoms with Gasteiger partial charge in [-0.15, -0.1) is 0 Å². The zero-order valence-corrected chi connectivity index (χ0v) is 13.9. The third-order valence-electron chi connectivity index (χ3n) is 4.37. The van der Waals surface area contributed by atoms with Crippen molar-refractivity contribution in [1.29, 1.82) is 0 Å². The molecule has 136 valence electrons. The molecule has 26 heavy (non-hydrogen) atoms. The minimum absolute atomic E-state index is 0.0616. The SMILES string of the molecule is O=C(Cc1ccc(C(=O)O)cc1)NC1CCN(c2c(F)cccc2F)C1. The van der Waals surface area contributed by atoms with Gasteiger partial charge in [-0.2, -0.15) is 0 Å². The number of carboxylic acid groups (broad SMARTS) is 1. The van der Waals surface area contributed by atoms with Crippen molar-refractivity contribution in [3.05, 3.63) is 65.2 Å². The van der Waals surface area contributed by atoms with E-state index < -0.39 is 17.6 Å². The number of hydrogen-bond acceptors (Lipinski definition) is 3. The number of carbonyl (C=O) groups is 2. The van der Waals surface area contributed by atoms with Crippen molar-refractivity contribution in [2.45, 2.75) is 18.9 Å². The number of benzene rings is 2. The van der Waals surface area contributed by atoms with Gasteiger partial charge in [-0.3, -0.25) is 4.79 Å². The van der Waals surface area contributed by atoms with Crippen LogP contribution < -0.4 is 10.2 Å². The third-order valence-corrected chi connectivity index (χ3v) is 4.37. The normalized spacial score (nSPS) is 16.5. The number of rotatable bonds is 5. The smallest absolute Gasteiger partial charge is 0.335 e. The van der Waals surface area contributed by atoms with Crippen molar-refractivity contribution in [2.75, 3.05) is 18.0 Å². The van der Waals surface area contributed by atoms with Gasteiger partial charge in [0.25, 0.3) is 0 Å². The van der Waals surface area contributed by atoms with E-state index in [4.69, 9.17) is 5.11 Å². The summed E-state index contributed by atoms with van der Waals surface area (Å²) in [5, 5.41) is 11.7. The molecule has 0 spiro atoms. The Balaban J connectivity index is 1.56. The highest BCUT2D eigenvalue weighted by molar-refractivity contribution is 5.87. The molecule has 5 nitrogen and oxygen atoms in total. The van der Waals surface area contributed by atoms with Crippen LogP contribution in [0.2, 0.25) is 0 Å². The topological polar surface area (TPSA) is 69.6 Å². The first kappa shape index (κ1) is 17.8. The summed E-state index contributed by atoms with van der Waals surface area (Å²) < 4.78 is 27.7. The van der Waals surface area contributed by atoms with Gasteiger partial charge in [-0.25, -0.2) is 13.6 Å². The molecule has 1 aliphatic rings. The Morgan fingerprint density at radius 1 is 1.12 bits per heavy atom. The zero-order valence-electron chi connectivity index (χ0n) is 13.9. The monoisotopic (exact) mass is 360 g/mol. The number of amides is 1. The summed E-state index contributed by atoms with van der Waals surface area (Å²) in [7, 11) is 0. The number of hydrogen-bond donors (Lipinski definition) is 2. The van der Waals surface area contributed by atoms with Crippen LogP contribution in [-0.2, 0) is 11.2 Å². The molecule has 2 N–H and O–H groups in total. The Bertz CT molecular complexity index is 804. The molecule has 0 bridgehead atoms. The molecular weight excluding hydrogens is 342 g/mol. The molecule has 1 heterocycles. The molecule has 1 fully saturated rings. The quantitative estimate of drug-likeness (QED) is 0.860. The predicted molar refractivity (Wildman–Crippen MR) is 92.2 cm³/mol. The van der Waals surface area contributed by atoms with Gasteiger partial charge in [0.2, 0.25) is 5.91 Å². The van der Waals surface area contributed by atoms with Crippen LogP contribution in [0.3, 0.4) is 0 Å². The van der Waals surface area contributed by atoms with Crippen LogP contribution in [0.1, 0.15) is 22.3 Å². The molecule has 2 aromatic rings. The second-order valence-corrected chi connectivity index (χ2v) is 6.25. The zero-order chi connectivity index (χ0) is 18.7. The lowest BCUT2D eigenvalue weighted by Crippen LogP contribution is -2.38. The summed E-state index contributed by atoms with van der Waals surface area (Å²) in [5.74, 6) is -2.47. The molecule has 1 amide bonds. The average molecular weight is 360 g/mol. The first-order chi connectivity index (χ1) is 12.4. The minimum Gasteiger partial charge on any atom is -0.478 e. The lowest BCUT2D eigenvalue weighted by atomic mass is 10.1. The van der Waals surface area contributed by atoms with Gasteiger partial charge >= 0.3 is 5.97 Å². The molecule has 0 saturated carbocycles. The maximum atomic E-state index is 13.9. The van der Waals surface area contributed by atoms with Crippen molar-refractivity contribution in [1.82, 2.24) is 5.32 Å². The van der Waals surface area contributed by atoms with Crippen molar-refractivity contribution < 1.29 is 23.5 Å². The number of nitrogens with zero attached hydrogens (tertiary/aromatic N) is 1. The Labute approximate surface area is 149 Å². The van der Waals surface area contributed by atoms with Gasteiger partial charge in [0.1, 0.15) is 17.3 Å². The Kier molecular flexibility index (Phi) is 5.16. The van der Waals surface area contributed by atoms with E-state index in [-0.39, 0.29) is 29.6 Å². The van der Waals surface area contributed by atoms with Crippen LogP contribution in [0, 0.1) is 11.6 Å². The maximum Gasteiger partial charge on any atom is 0.335 e. The van der Waals surface area contributed by atoms with Crippen LogP contribution in [0.4, 0.5) is 14.5 Å². The highest BCUT2D eigenvalue weighted by atomic mass is 19.1. The molecule has 1 saturated heterocycles. The van der Waals surface area contributed by atoms with E-state index in [0.717, 1.165) is 0 Å². The highest BCUT2D eigenvalue weighted by Gasteiger charge is 2.27. The second kappa shape index (κ2) is 7.51. The summed E-state index contributed by atoms with van der Waals surface area (Å²) in [5.41, 5.74) is 0.795. The van der Waals surface area contributed by atoms with E-state index in [2.05, 4.69) is 5.32 Å². The van der Waals surface area contributed by atoms with E-state index in [9.17, 15) is 18.4 Å². The van der Waals surface area contributed by atoms with E-state index in [0.29, 0.717) is 25.1 Å². The molecule has 1 atom stereocenters. The Morgan fingerprint density at radius 2 is 1.77 bits per heavy atom. The van der Waals surface area contributed by atoms with Gasteiger partial charge in [-0.1, -0.05) is 18.2 Å². The summed E-state index contributed by atoms with van der Waals surface area (Å²) in [4.78, 5) is 24.6. The number of carbonyl (C=O) groups excluding carboxylic acids is 1. The van der Waals surface area contributed by atoms with Crippen molar-refractivity contribution in [2.24, 2.45) is 0 Å². The average Bonchev–Trinajstić information content (AvgIpc) is 3.03. The van der Waals surface area contributed by atoms with Crippen LogP contribution in [0.15, 0.2) is 42.5 Å². The predicted octanol–water partition coefficient (Wildman–Crippen LogP) is 2.60. The Hall–Kier alpha value is -2.96. The molecule has 0 aliphatic carbocycles. The summed E-state index contributed by atoms with van der Waals surface area (Å²) >= 11 is 0. The minimum atomic E-state index is -1.02. The molecule has 1 unspecified atom stereocenters. The number of para-hydroxylation sites is 1. The second-order valence-electron chi connectivity index (χ2n) is 6.25. The number of anilines is 1. The first-order valence-electron chi connectivity index (χ1n) is 8.24. The van der Waals surface area contributed by atoms with Crippen LogP contribution in [-0.4, -0.2) is 36.1 Å². The molecule has 2 aromatic carbocycles. The van der Waals surface area contributed by atoms with Crippen LogP contribution >= 0.6 is 0 Å². The lowest BCUT2D eigenvalue weighted by Gasteiger charge is -2.20. The standard InChI is InChI=1S/C19H18F2N2O3/c20-15-2-1-3-16(21)18(15)23-9-8-14(11-23)22-17(24)10-12-4-6-13(7-5-12)19(25)26/h1-7,14H,8-11H2,(H,22,24)(H,25,26). The number of carboxylic acids is 1. The maximum absolute atomic E-state index is 13.9. The molecule has 0 aromatic heterocycles. The van der Waals surface area contributed by atoms with Crippen molar-refractivity contribution in [3.63, 3.8) is 0 Å². The van der Waals surface area contributed by atoms with Gasteiger partial charge in [0.05, 0.1) is 12.0 Å². The van der Waals surface area contributed by atoms with E-state index >= 15 is 0 Å². The number of aromatic carboxylic acids is 1. The summed E-state index contributed by atoms with van der Waals surface area (Å²) in [6, 6.07) is 9.64. The van der Waals surface area contributed by atoms with E-state index in [1.54, 1.807) is 17.0 Å². The van der Waals surface area contributed by atoms with Crippen LogP contribution in [0.5, 0.6) is 0 Å². The molecule has 3 rings (SSSR count). The first-order valence-corrected chi connectivity index (χ1v) is 8.24. The third kappa shape index (κ3) is 3.99. The summed E-state index contributed by atoms with van der Waals surface area (Å²) in [6.45, 7) is 0.789. The molecule has 0 radical (unpaired) electrons. The highest BCUT2D eigenvalue weighted by Crippen LogP contribution is 2.26. The van der Waals surface area contributed by atoms with Gasteiger partial charge < -0.3 is 15.3 Å². The number of halogens is 2.